The van der Waals surface area contributed by atoms with Crippen molar-refractivity contribution in [1.82, 2.24) is 14.5 Å². The fraction of sp³-hybridized carbons (Fsp3) is 0.909. The van der Waals surface area contributed by atoms with Crippen LogP contribution in [-0.2, 0) is 14.8 Å². The standard InChI is InChI=1S/C11H21N3O3S/c1-9(11(15)12-10-3-4-10)13-5-7-14(8-6-13)18(2,16)17/h9-10H,3-8H2,1-2H3,(H,12,15). The Balaban J connectivity index is 1.83. The van der Waals surface area contributed by atoms with E-state index in [2.05, 4.69) is 5.32 Å². The molecule has 1 N–H and O–H groups in total. The second-order valence-corrected chi connectivity index (χ2v) is 7.14. The highest BCUT2D eigenvalue weighted by molar-refractivity contribution is 7.88. The third-order valence-electron chi connectivity index (χ3n) is 3.59. The molecule has 0 bridgehead atoms. The topological polar surface area (TPSA) is 69.7 Å². The van der Waals surface area contributed by atoms with Gasteiger partial charge in [0.25, 0.3) is 0 Å². The summed E-state index contributed by atoms with van der Waals surface area (Å²) in [4.78, 5) is 13.9. The lowest BCUT2D eigenvalue weighted by molar-refractivity contribution is -0.126. The van der Waals surface area contributed by atoms with E-state index in [9.17, 15) is 13.2 Å². The first-order valence-electron chi connectivity index (χ1n) is 6.37. The number of nitrogens with one attached hydrogen (secondary N) is 1. The van der Waals surface area contributed by atoms with Crippen LogP contribution in [0.1, 0.15) is 19.8 Å². The number of carbonyl (C=O) groups is 1. The number of hydrogen-bond donors (Lipinski definition) is 1. The molecule has 1 aliphatic heterocycles. The van der Waals surface area contributed by atoms with Crippen LogP contribution in [0.25, 0.3) is 0 Å². The Bertz CT molecular complexity index is 411. The van der Waals surface area contributed by atoms with Gasteiger partial charge in [-0.25, -0.2) is 8.42 Å². The maximum atomic E-state index is 11.9. The molecule has 1 aliphatic carbocycles. The van der Waals surface area contributed by atoms with E-state index in [1.165, 1.54) is 10.6 Å². The van der Waals surface area contributed by atoms with Crippen LogP contribution in [0, 0.1) is 0 Å². The number of nitrogens with zero attached hydrogens (tertiary/aromatic N) is 2. The first-order chi connectivity index (χ1) is 8.38. The molecule has 1 heterocycles. The summed E-state index contributed by atoms with van der Waals surface area (Å²) in [5.41, 5.74) is 0. The Kier molecular flexibility index (Phi) is 3.93. The lowest BCUT2D eigenvalue weighted by Gasteiger charge is -2.36. The van der Waals surface area contributed by atoms with E-state index < -0.39 is 10.0 Å². The molecule has 0 radical (unpaired) electrons. The fourth-order valence-electron chi connectivity index (χ4n) is 2.14. The van der Waals surface area contributed by atoms with Crippen molar-refractivity contribution < 1.29 is 13.2 Å². The second kappa shape index (κ2) is 5.14. The Morgan fingerprint density at radius 2 is 1.78 bits per heavy atom. The highest BCUT2D eigenvalue weighted by atomic mass is 32.2. The predicted octanol–water partition coefficient (Wildman–Crippen LogP) is -0.769. The van der Waals surface area contributed by atoms with Gasteiger partial charge in [-0.2, -0.15) is 4.31 Å². The van der Waals surface area contributed by atoms with E-state index >= 15 is 0 Å². The van der Waals surface area contributed by atoms with Crippen LogP contribution >= 0.6 is 0 Å². The smallest absolute Gasteiger partial charge is 0.237 e. The quantitative estimate of drug-likeness (QED) is 0.731. The van der Waals surface area contributed by atoms with Gasteiger partial charge in [-0.15, -0.1) is 0 Å². The number of carbonyl (C=O) groups excluding carboxylic acids is 1. The number of amides is 1. The number of sulfonamides is 1. The zero-order chi connectivity index (χ0) is 13.3. The number of piperazine rings is 1. The van der Waals surface area contributed by atoms with Crippen molar-refractivity contribution in [3.8, 4) is 0 Å². The molecule has 2 aliphatic rings. The Morgan fingerprint density at radius 3 is 2.22 bits per heavy atom. The molecule has 0 aromatic heterocycles. The largest absolute Gasteiger partial charge is 0.352 e. The monoisotopic (exact) mass is 275 g/mol. The molecular weight excluding hydrogens is 254 g/mol. The molecule has 2 fully saturated rings. The SMILES string of the molecule is CC(C(=O)NC1CC1)N1CCN(S(C)(=O)=O)CC1. The lowest BCUT2D eigenvalue weighted by atomic mass is 10.2. The zero-order valence-corrected chi connectivity index (χ0v) is 11.7. The molecular formula is C11H21N3O3S. The molecule has 1 unspecified atom stereocenters. The van der Waals surface area contributed by atoms with Gasteiger partial charge in [0.05, 0.1) is 12.3 Å². The van der Waals surface area contributed by atoms with E-state index in [0.29, 0.717) is 32.2 Å². The fourth-order valence-corrected chi connectivity index (χ4v) is 2.96. The minimum absolute atomic E-state index is 0.0605. The molecule has 1 atom stereocenters. The molecule has 1 amide bonds. The first-order valence-corrected chi connectivity index (χ1v) is 8.22. The maximum absolute atomic E-state index is 11.9. The second-order valence-electron chi connectivity index (χ2n) is 5.16. The summed E-state index contributed by atoms with van der Waals surface area (Å²) in [6.45, 7) is 4.06. The maximum Gasteiger partial charge on any atom is 0.237 e. The summed E-state index contributed by atoms with van der Waals surface area (Å²) < 4.78 is 24.2. The van der Waals surface area contributed by atoms with Crippen molar-refractivity contribution in [3.05, 3.63) is 0 Å². The molecule has 1 saturated carbocycles. The minimum atomic E-state index is -3.10. The van der Waals surface area contributed by atoms with E-state index in [1.807, 2.05) is 11.8 Å². The van der Waals surface area contributed by atoms with Gasteiger partial charge in [0.15, 0.2) is 0 Å². The zero-order valence-electron chi connectivity index (χ0n) is 10.9. The van der Waals surface area contributed by atoms with Gasteiger partial charge < -0.3 is 5.32 Å². The normalized spacial score (nSPS) is 24.8. The number of hydrogen-bond acceptors (Lipinski definition) is 4. The van der Waals surface area contributed by atoms with E-state index in [1.54, 1.807) is 0 Å². The van der Waals surface area contributed by atoms with Gasteiger partial charge in [-0.05, 0) is 19.8 Å². The van der Waals surface area contributed by atoms with Gasteiger partial charge in [-0.3, -0.25) is 9.69 Å². The van der Waals surface area contributed by atoms with Crippen LogP contribution in [0.15, 0.2) is 0 Å². The van der Waals surface area contributed by atoms with Crippen LogP contribution in [-0.4, -0.2) is 68.0 Å². The number of rotatable bonds is 4. The van der Waals surface area contributed by atoms with Gasteiger partial charge in [-0.1, -0.05) is 0 Å². The van der Waals surface area contributed by atoms with Crippen LogP contribution in [0.3, 0.4) is 0 Å². The average molecular weight is 275 g/mol. The highest BCUT2D eigenvalue weighted by Crippen LogP contribution is 2.19. The van der Waals surface area contributed by atoms with Crippen LogP contribution in [0.5, 0.6) is 0 Å². The molecule has 1 saturated heterocycles. The van der Waals surface area contributed by atoms with Crippen LogP contribution in [0.4, 0.5) is 0 Å². The lowest BCUT2D eigenvalue weighted by Crippen LogP contribution is -2.54. The molecule has 7 heteroatoms. The minimum Gasteiger partial charge on any atom is -0.352 e. The van der Waals surface area contributed by atoms with Gasteiger partial charge >= 0.3 is 0 Å². The summed E-state index contributed by atoms with van der Waals surface area (Å²) in [5, 5.41) is 2.98. The van der Waals surface area contributed by atoms with Crippen LogP contribution in [0.2, 0.25) is 0 Å². The molecule has 6 nitrogen and oxygen atoms in total. The third kappa shape index (κ3) is 3.43. The Morgan fingerprint density at radius 1 is 1.22 bits per heavy atom. The van der Waals surface area contributed by atoms with Crippen LogP contribution < -0.4 is 5.32 Å². The summed E-state index contributed by atoms with van der Waals surface area (Å²) in [6, 6.07) is 0.199. The van der Waals surface area contributed by atoms with Gasteiger partial charge in [0, 0.05) is 32.2 Å². The van der Waals surface area contributed by atoms with Crippen molar-refractivity contribution in [2.75, 3.05) is 32.4 Å². The van der Waals surface area contributed by atoms with Crippen molar-refractivity contribution >= 4 is 15.9 Å². The molecule has 18 heavy (non-hydrogen) atoms. The molecule has 2 rings (SSSR count). The highest BCUT2D eigenvalue weighted by Gasteiger charge is 2.31. The predicted molar refractivity (Wildman–Crippen MR) is 68.6 cm³/mol. The van der Waals surface area contributed by atoms with E-state index in [0.717, 1.165) is 12.8 Å². The Labute approximate surface area is 108 Å². The van der Waals surface area contributed by atoms with E-state index in [4.69, 9.17) is 0 Å². The molecule has 0 aromatic rings. The van der Waals surface area contributed by atoms with Gasteiger partial charge in [0.2, 0.25) is 15.9 Å². The summed E-state index contributed by atoms with van der Waals surface area (Å²) in [7, 11) is -3.10. The van der Waals surface area contributed by atoms with Crippen molar-refractivity contribution in [1.29, 1.82) is 0 Å². The average Bonchev–Trinajstić information content (AvgIpc) is 3.11. The van der Waals surface area contributed by atoms with Crippen molar-refractivity contribution in [3.63, 3.8) is 0 Å². The van der Waals surface area contributed by atoms with Crippen molar-refractivity contribution in [2.45, 2.75) is 31.8 Å². The summed E-state index contributed by atoms with van der Waals surface area (Å²) in [5.74, 6) is 0.0605. The van der Waals surface area contributed by atoms with Crippen molar-refractivity contribution in [2.24, 2.45) is 0 Å². The molecule has 0 aromatic carbocycles. The summed E-state index contributed by atoms with van der Waals surface area (Å²) >= 11 is 0. The molecule has 0 spiro atoms. The Hall–Kier alpha value is -0.660. The molecule has 104 valence electrons. The van der Waals surface area contributed by atoms with Gasteiger partial charge in [0.1, 0.15) is 0 Å². The third-order valence-corrected chi connectivity index (χ3v) is 4.90. The van der Waals surface area contributed by atoms with E-state index in [-0.39, 0.29) is 11.9 Å². The summed E-state index contributed by atoms with van der Waals surface area (Å²) in [6.07, 6.45) is 3.40. The first kappa shape index (κ1) is 13.8.